The van der Waals surface area contributed by atoms with Crippen LogP contribution in [0, 0.1) is 16.7 Å². The van der Waals surface area contributed by atoms with Gasteiger partial charge in [-0.2, -0.15) is 0 Å². The van der Waals surface area contributed by atoms with Gasteiger partial charge in [-0.05, 0) is 66.0 Å². The molecule has 3 aliphatic carbocycles. The van der Waals surface area contributed by atoms with Crippen molar-refractivity contribution in [3.05, 3.63) is 119 Å². The van der Waals surface area contributed by atoms with E-state index in [-0.39, 0.29) is 24.2 Å². The molecule has 1 amide bonds. The highest BCUT2D eigenvalue weighted by Gasteiger charge is 2.78. The number of hydrogen-bond donors (Lipinski definition) is 4. The molecule has 4 N–H and O–H groups in total. The second-order valence-electron chi connectivity index (χ2n) is 21.4. The van der Waals surface area contributed by atoms with Crippen LogP contribution in [-0.4, -0.2) is 114 Å². The summed E-state index contributed by atoms with van der Waals surface area (Å²) in [5.74, 6) is -5.25. The molecular formula is C53H67NO14Si. The third kappa shape index (κ3) is 9.08. The molecule has 0 aromatic heterocycles. The fraction of sp³-hybridized carbons (Fsp3) is 0.528. The van der Waals surface area contributed by atoms with Crippen molar-refractivity contribution in [2.45, 2.75) is 153 Å². The molecule has 372 valence electrons. The molecule has 12 atom stereocenters. The summed E-state index contributed by atoms with van der Waals surface area (Å²) >= 11 is 0. The predicted octanol–water partition coefficient (Wildman–Crippen LogP) is 6.56. The minimum atomic E-state index is -2.92. The highest BCUT2D eigenvalue weighted by atomic mass is 28.4. The maximum atomic E-state index is 15.5. The smallest absolute Gasteiger partial charge is 0.338 e. The number of fused-ring (bicyclic) bond motifs is 5. The molecule has 69 heavy (non-hydrogen) atoms. The Balaban J connectivity index is 1.44. The first-order valence-corrected chi connectivity index (χ1v) is 26.5. The zero-order valence-corrected chi connectivity index (χ0v) is 42.3. The van der Waals surface area contributed by atoms with Crippen molar-refractivity contribution in [3.63, 3.8) is 0 Å². The lowest BCUT2D eigenvalue weighted by Gasteiger charge is -2.69. The maximum Gasteiger partial charge on any atom is 0.338 e. The van der Waals surface area contributed by atoms with E-state index in [2.05, 4.69) is 5.32 Å². The van der Waals surface area contributed by atoms with Crippen molar-refractivity contribution in [2.75, 3.05) is 6.61 Å². The van der Waals surface area contributed by atoms with Crippen LogP contribution in [0.5, 0.6) is 0 Å². The Bertz CT molecular complexity index is 2460. The van der Waals surface area contributed by atoms with Gasteiger partial charge in [-0.3, -0.25) is 14.4 Å². The van der Waals surface area contributed by atoms with E-state index in [1.165, 1.54) is 26.0 Å². The quantitative estimate of drug-likeness (QED) is 0.0656. The number of esters is 4. The van der Waals surface area contributed by atoms with Gasteiger partial charge in [0.1, 0.15) is 30.0 Å². The molecule has 2 saturated carbocycles. The number of aliphatic hydroxyl groups is 3. The zero-order chi connectivity index (χ0) is 50.6. The van der Waals surface area contributed by atoms with E-state index in [1.807, 2.05) is 33.9 Å². The zero-order valence-electron chi connectivity index (χ0n) is 41.3. The van der Waals surface area contributed by atoms with Gasteiger partial charge in [-0.15, -0.1) is 0 Å². The van der Waals surface area contributed by atoms with Crippen LogP contribution in [0.1, 0.15) is 107 Å². The van der Waals surface area contributed by atoms with Crippen molar-refractivity contribution in [2.24, 2.45) is 16.7 Å². The molecule has 4 aliphatic rings. The lowest BCUT2D eigenvalue weighted by molar-refractivity contribution is -0.365. The Hall–Kier alpha value is -5.23. The van der Waals surface area contributed by atoms with E-state index in [4.69, 9.17) is 28.1 Å². The number of hydrogen-bond acceptors (Lipinski definition) is 14. The summed E-state index contributed by atoms with van der Waals surface area (Å²) in [6, 6.07) is 24.4. The summed E-state index contributed by atoms with van der Waals surface area (Å²) in [7, 11) is -2.92. The van der Waals surface area contributed by atoms with Gasteiger partial charge in [-0.25, -0.2) is 9.59 Å². The number of benzene rings is 3. The molecule has 3 fully saturated rings. The Labute approximate surface area is 405 Å². The Morgan fingerprint density at radius 1 is 0.812 bits per heavy atom. The molecule has 1 unspecified atom stereocenters. The third-order valence-corrected chi connectivity index (χ3v) is 20.4. The Morgan fingerprint density at radius 2 is 1.38 bits per heavy atom. The standard InChI is InChI=1S/C53H67NO14Si/c1-30-36(65-48(61)42(68-69(10,11)49(4,5)6)40(33-21-15-12-16-22-33)54-46(59)34-23-17-13-18-24-34)28-53(62)45(66-47(60)35-25-19-14-20-26-35)43-51(9,37(57)27-38-52(43,29-63-38)67-32(3)56)44(58)41(64-31(2)55)39(30)50(53,7)8/h12-26,36-38,40-45,57-58,62H,27-29H2,1-11H3,(H,54,59)/t36-,37-,38+,40-,41-,42?,43-,44-,45-,51+,52-,53+/m0/s1. The maximum absolute atomic E-state index is 15.5. The lowest BCUT2D eigenvalue weighted by Crippen LogP contribution is -2.82. The molecule has 3 aromatic rings. The molecule has 1 heterocycles. The molecule has 16 heteroatoms. The Morgan fingerprint density at radius 3 is 1.90 bits per heavy atom. The number of aliphatic hydroxyl groups excluding tert-OH is 2. The van der Waals surface area contributed by atoms with Crippen LogP contribution < -0.4 is 5.32 Å². The molecule has 1 saturated heterocycles. The van der Waals surface area contributed by atoms with Gasteiger partial charge in [0.15, 0.2) is 26.1 Å². The Kier molecular flexibility index (Phi) is 14.1. The summed E-state index contributed by atoms with van der Waals surface area (Å²) in [5.41, 5.74) is -6.03. The molecule has 0 spiro atoms. The van der Waals surface area contributed by atoms with Crippen LogP contribution in [-0.2, 0) is 42.5 Å². The van der Waals surface area contributed by atoms with Gasteiger partial charge in [0.25, 0.3) is 5.91 Å². The van der Waals surface area contributed by atoms with Crippen molar-refractivity contribution in [3.8, 4) is 0 Å². The second-order valence-corrected chi connectivity index (χ2v) is 26.2. The fourth-order valence-electron chi connectivity index (χ4n) is 11.0. The van der Waals surface area contributed by atoms with Crippen LogP contribution in [0.3, 0.4) is 0 Å². The second kappa shape index (κ2) is 18.8. The number of rotatable bonds is 12. The van der Waals surface area contributed by atoms with E-state index in [0.29, 0.717) is 16.7 Å². The molecule has 2 bridgehead atoms. The molecule has 0 radical (unpaired) electrons. The average Bonchev–Trinajstić information content (AvgIpc) is 3.28. The first kappa shape index (κ1) is 51.6. The van der Waals surface area contributed by atoms with E-state index < -0.39 is 126 Å². The number of carbonyl (C=O) groups excluding carboxylic acids is 5. The van der Waals surface area contributed by atoms with Crippen LogP contribution in [0.25, 0.3) is 0 Å². The summed E-state index contributed by atoms with van der Waals surface area (Å²) in [4.78, 5) is 70.5. The topological polar surface area (TPSA) is 213 Å². The van der Waals surface area contributed by atoms with Crippen molar-refractivity contribution >= 4 is 38.1 Å². The van der Waals surface area contributed by atoms with Crippen molar-refractivity contribution in [1.29, 1.82) is 0 Å². The molecule has 1 aliphatic heterocycles. The highest BCUT2D eigenvalue weighted by molar-refractivity contribution is 6.74. The summed E-state index contributed by atoms with van der Waals surface area (Å²) in [6.07, 6.45) is -11.1. The average molecular weight is 970 g/mol. The fourth-order valence-corrected chi connectivity index (χ4v) is 12.2. The summed E-state index contributed by atoms with van der Waals surface area (Å²) in [5, 5.41) is 42.0. The van der Waals surface area contributed by atoms with Crippen LogP contribution in [0.2, 0.25) is 18.1 Å². The predicted molar refractivity (Wildman–Crippen MR) is 255 cm³/mol. The minimum absolute atomic E-state index is 0.112. The van der Waals surface area contributed by atoms with Crippen molar-refractivity contribution < 1.29 is 67.4 Å². The summed E-state index contributed by atoms with van der Waals surface area (Å²) < 4.78 is 38.5. The van der Waals surface area contributed by atoms with Crippen LogP contribution >= 0.6 is 0 Å². The molecule has 3 aromatic carbocycles. The molecule has 7 rings (SSSR count). The molecular weight excluding hydrogens is 903 g/mol. The lowest BCUT2D eigenvalue weighted by atomic mass is 9.44. The first-order valence-electron chi connectivity index (χ1n) is 23.5. The third-order valence-electron chi connectivity index (χ3n) is 15.9. The van der Waals surface area contributed by atoms with Crippen LogP contribution in [0.15, 0.2) is 102 Å². The van der Waals surface area contributed by atoms with Gasteiger partial charge in [0, 0.05) is 43.1 Å². The van der Waals surface area contributed by atoms with Crippen molar-refractivity contribution in [1.82, 2.24) is 5.32 Å². The minimum Gasteiger partial charge on any atom is -0.456 e. The highest BCUT2D eigenvalue weighted by Crippen LogP contribution is 2.65. The SMILES string of the molecule is CC(=O)O[C@H]1C2=C(C)[C@@H](OC(=O)C(O[Si](C)(C)C(C)(C)C)[C@@H](NC(=O)c3ccccc3)c3ccccc3)C[C@@](O)([C@@H](OC(=O)c3ccccc3)[C@@H]3[C@]4(OC(C)=O)CO[C@@H]4C[C@H](O)[C@@]3(C)[C@H]1O)C2(C)C. The largest absolute Gasteiger partial charge is 0.456 e. The molecule has 15 nitrogen and oxygen atoms in total. The number of amides is 1. The van der Waals surface area contributed by atoms with Gasteiger partial charge >= 0.3 is 23.9 Å². The first-order chi connectivity index (χ1) is 32.2. The number of nitrogens with one attached hydrogen (secondary N) is 1. The summed E-state index contributed by atoms with van der Waals surface area (Å²) in [6.45, 7) is 18.6. The van der Waals surface area contributed by atoms with Crippen LogP contribution in [0.4, 0.5) is 0 Å². The monoisotopic (exact) mass is 969 g/mol. The normalized spacial score (nSPS) is 31.4. The van der Waals surface area contributed by atoms with Gasteiger partial charge in [0.05, 0.1) is 30.2 Å². The van der Waals surface area contributed by atoms with E-state index >= 15 is 4.79 Å². The van der Waals surface area contributed by atoms with E-state index in [0.717, 1.165) is 6.92 Å². The van der Waals surface area contributed by atoms with E-state index in [1.54, 1.807) is 99.6 Å². The number of carbonyl (C=O) groups is 5. The number of ether oxygens (including phenoxy) is 5. The van der Waals surface area contributed by atoms with Gasteiger partial charge in [0.2, 0.25) is 0 Å². The van der Waals surface area contributed by atoms with Gasteiger partial charge in [-0.1, -0.05) is 108 Å². The van der Waals surface area contributed by atoms with E-state index in [9.17, 15) is 34.5 Å². The van der Waals surface area contributed by atoms with Gasteiger partial charge < -0.3 is 48.7 Å².